The summed E-state index contributed by atoms with van der Waals surface area (Å²) in [5.41, 5.74) is 0.646. The van der Waals surface area contributed by atoms with E-state index < -0.39 is 18.1 Å². The Morgan fingerprint density at radius 1 is 1.36 bits per heavy atom. The second-order valence-electron chi connectivity index (χ2n) is 6.43. The summed E-state index contributed by atoms with van der Waals surface area (Å²) in [7, 11) is 3.47. The highest BCUT2D eigenvalue weighted by atomic mass is 16.4. The third-order valence-corrected chi connectivity index (χ3v) is 4.51. The monoisotopic (exact) mass is 346 g/mol. The van der Waals surface area contributed by atoms with Gasteiger partial charge >= 0.3 is 5.97 Å². The number of rotatable bonds is 5. The van der Waals surface area contributed by atoms with Crippen LogP contribution in [0.15, 0.2) is 28.9 Å². The average Bonchev–Trinajstić information content (AvgIpc) is 3.25. The van der Waals surface area contributed by atoms with Crippen LogP contribution in [-0.2, 0) is 23.2 Å². The Morgan fingerprint density at radius 2 is 2.08 bits per heavy atom. The predicted molar refractivity (Wildman–Crippen MR) is 90.1 cm³/mol. The highest BCUT2D eigenvalue weighted by molar-refractivity contribution is 5.90. The van der Waals surface area contributed by atoms with Gasteiger partial charge in [-0.15, -0.1) is 0 Å². The van der Waals surface area contributed by atoms with E-state index in [9.17, 15) is 14.7 Å². The lowest BCUT2D eigenvalue weighted by Crippen LogP contribution is -2.48. The molecule has 1 aliphatic rings. The number of aromatic nitrogens is 2. The first-order chi connectivity index (χ1) is 11.9. The second kappa shape index (κ2) is 6.62. The van der Waals surface area contributed by atoms with Gasteiger partial charge in [-0.3, -0.25) is 9.48 Å². The van der Waals surface area contributed by atoms with Crippen molar-refractivity contribution in [2.75, 3.05) is 11.9 Å². The molecular weight excluding hydrogens is 324 g/mol. The number of furan rings is 1. The van der Waals surface area contributed by atoms with Crippen molar-refractivity contribution in [3.05, 3.63) is 36.0 Å². The Morgan fingerprint density at radius 3 is 2.64 bits per heavy atom. The van der Waals surface area contributed by atoms with Crippen molar-refractivity contribution >= 4 is 17.6 Å². The topological polar surface area (TPSA) is 91.8 Å². The van der Waals surface area contributed by atoms with Gasteiger partial charge in [0.05, 0.1) is 18.4 Å². The molecule has 134 valence electrons. The molecule has 1 saturated heterocycles. The van der Waals surface area contributed by atoms with Crippen molar-refractivity contribution in [1.82, 2.24) is 14.7 Å². The van der Waals surface area contributed by atoms with Gasteiger partial charge in [0.25, 0.3) is 0 Å². The standard InChI is InChI=1S/C17H22N4O4/c1-11-4-5-13(25-11)10-19(2)16(22)14-6-7-15(17(23)24)21(14)12-8-18-20(3)9-12/h4-5,8-9,14-15H,6-7,10H2,1-3H3,(H,23,24). The van der Waals surface area contributed by atoms with Crippen LogP contribution in [0.2, 0.25) is 0 Å². The third kappa shape index (κ3) is 3.38. The van der Waals surface area contributed by atoms with Crippen molar-refractivity contribution in [2.24, 2.45) is 7.05 Å². The molecule has 2 atom stereocenters. The molecule has 0 saturated carbocycles. The summed E-state index contributed by atoms with van der Waals surface area (Å²) >= 11 is 0. The SMILES string of the molecule is Cc1ccc(CN(C)C(=O)C2CCC(C(=O)O)N2c2cnn(C)c2)o1. The summed E-state index contributed by atoms with van der Waals surface area (Å²) < 4.78 is 7.13. The Hall–Kier alpha value is -2.77. The molecule has 2 unspecified atom stereocenters. The number of anilines is 1. The van der Waals surface area contributed by atoms with E-state index in [1.807, 2.05) is 19.1 Å². The van der Waals surface area contributed by atoms with E-state index in [1.165, 1.54) is 0 Å². The number of carboxylic acids is 1. The average molecular weight is 346 g/mol. The minimum Gasteiger partial charge on any atom is -0.480 e. The lowest BCUT2D eigenvalue weighted by atomic mass is 10.2. The summed E-state index contributed by atoms with van der Waals surface area (Å²) in [5, 5.41) is 13.6. The minimum atomic E-state index is -0.927. The molecule has 8 heteroatoms. The first kappa shape index (κ1) is 17.1. The predicted octanol–water partition coefficient (Wildman–Crippen LogP) is 1.40. The molecule has 0 bridgehead atoms. The van der Waals surface area contributed by atoms with Gasteiger partial charge in [-0.1, -0.05) is 0 Å². The van der Waals surface area contributed by atoms with Crippen LogP contribution in [0.25, 0.3) is 0 Å². The molecule has 0 radical (unpaired) electrons. The summed E-state index contributed by atoms with van der Waals surface area (Å²) in [4.78, 5) is 27.8. The summed E-state index contributed by atoms with van der Waals surface area (Å²) in [6.45, 7) is 2.20. The first-order valence-electron chi connectivity index (χ1n) is 8.17. The first-order valence-corrected chi connectivity index (χ1v) is 8.17. The fraction of sp³-hybridized carbons (Fsp3) is 0.471. The zero-order valence-electron chi connectivity index (χ0n) is 14.5. The Labute approximate surface area is 145 Å². The van der Waals surface area contributed by atoms with Gasteiger partial charge in [0.15, 0.2) is 0 Å². The molecule has 8 nitrogen and oxygen atoms in total. The van der Waals surface area contributed by atoms with Gasteiger partial charge in [0.1, 0.15) is 23.6 Å². The van der Waals surface area contributed by atoms with Crippen LogP contribution in [-0.4, -0.2) is 50.8 Å². The van der Waals surface area contributed by atoms with Crippen LogP contribution in [0.4, 0.5) is 5.69 Å². The van der Waals surface area contributed by atoms with E-state index in [1.54, 1.807) is 41.0 Å². The van der Waals surface area contributed by atoms with E-state index in [-0.39, 0.29) is 5.91 Å². The zero-order chi connectivity index (χ0) is 18.1. The Balaban J connectivity index is 1.80. The van der Waals surface area contributed by atoms with Crippen LogP contribution in [0.1, 0.15) is 24.4 Å². The van der Waals surface area contributed by atoms with Crippen LogP contribution in [0.5, 0.6) is 0 Å². The van der Waals surface area contributed by atoms with Gasteiger partial charge in [-0.25, -0.2) is 4.79 Å². The molecule has 1 fully saturated rings. The highest BCUT2D eigenvalue weighted by Crippen LogP contribution is 2.31. The lowest BCUT2D eigenvalue weighted by Gasteiger charge is -2.30. The fourth-order valence-electron chi connectivity index (χ4n) is 3.33. The molecule has 25 heavy (non-hydrogen) atoms. The van der Waals surface area contributed by atoms with Crippen molar-refractivity contribution in [1.29, 1.82) is 0 Å². The van der Waals surface area contributed by atoms with Crippen LogP contribution in [0.3, 0.4) is 0 Å². The van der Waals surface area contributed by atoms with E-state index in [0.717, 1.165) is 5.76 Å². The molecule has 3 heterocycles. The number of aliphatic carboxylic acids is 1. The summed E-state index contributed by atoms with van der Waals surface area (Å²) in [5.74, 6) is 0.443. The normalized spacial score (nSPS) is 20.0. The van der Waals surface area contributed by atoms with Crippen molar-refractivity contribution < 1.29 is 19.1 Å². The fourth-order valence-corrected chi connectivity index (χ4v) is 3.33. The Bertz CT molecular complexity index is 781. The van der Waals surface area contributed by atoms with E-state index >= 15 is 0 Å². The quantitative estimate of drug-likeness (QED) is 0.880. The number of amides is 1. The van der Waals surface area contributed by atoms with E-state index in [2.05, 4.69) is 5.10 Å². The van der Waals surface area contributed by atoms with Gasteiger partial charge in [0.2, 0.25) is 5.91 Å². The molecule has 2 aromatic heterocycles. The smallest absolute Gasteiger partial charge is 0.326 e. The number of nitrogens with zero attached hydrogens (tertiary/aromatic N) is 4. The van der Waals surface area contributed by atoms with E-state index in [0.29, 0.717) is 30.8 Å². The van der Waals surface area contributed by atoms with Crippen LogP contribution < -0.4 is 4.90 Å². The number of carbonyl (C=O) groups excluding carboxylic acids is 1. The number of carboxylic acid groups (broad SMARTS) is 1. The summed E-state index contributed by atoms with van der Waals surface area (Å²) in [6, 6.07) is 2.45. The molecule has 1 aliphatic heterocycles. The van der Waals surface area contributed by atoms with Gasteiger partial charge < -0.3 is 19.3 Å². The number of likely N-dealkylation sites (N-methyl/N-ethyl adjacent to an activating group) is 1. The zero-order valence-corrected chi connectivity index (χ0v) is 14.5. The van der Waals surface area contributed by atoms with Gasteiger partial charge in [-0.05, 0) is 31.9 Å². The molecule has 0 aliphatic carbocycles. The number of hydrogen-bond donors (Lipinski definition) is 1. The van der Waals surface area contributed by atoms with Crippen molar-refractivity contribution in [3.63, 3.8) is 0 Å². The van der Waals surface area contributed by atoms with Crippen LogP contribution >= 0.6 is 0 Å². The molecular formula is C17H22N4O4. The Kier molecular flexibility index (Phi) is 4.52. The largest absolute Gasteiger partial charge is 0.480 e. The van der Waals surface area contributed by atoms with Crippen molar-refractivity contribution in [2.45, 2.75) is 38.4 Å². The molecule has 0 spiro atoms. The molecule has 1 amide bonds. The molecule has 2 aromatic rings. The number of carbonyl (C=O) groups is 2. The second-order valence-corrected chi connectivity index (χ2v) is 6.43. The number of aryl methyl sites for hydroxylation is 2. The maximum absolute atomic E-state index is 12.9. The highest BCUT2D eigenvalue weighted by Gasteiger charge is 2.43. The van der Waals surface area contributed by atoms with Gasteiger partial charge in [0, 0.05) is 20.3 Å². The van der Waals surface area contributed by atoms with Gasteiger partial charge in [-0.2, -0.15) is 5.10 Å². The number of hydrogen-bond acceptors (Lipinski definition) is 5. The lowest BCUT2D eigenvalue weighted by molar-refractivity contribution is -0.138. The molecule has 1 N–H and O–H groups in total. The van der Waals surface area contributed by atoms with Crippen LogP contribution in [0, 0.1) is 6.92 Å². The summed E-state index contributed by atoms with van der Waals surface area (Å²) in [6.07, 6.45) is 4.25. The minimum absolute atomic E-state index is 0.123. The van der Waals surface area contributed by atoms with Crippen molar-refractivity contribution in [3.8, 4) is 0 Å². The molecule has 3 rings (SSSR count). The molecule has 0 aromatic carbocycles. The maximum atomic E-state index is 12.9. The van der Waals surface area contributed by atoms with E-state index in [4.69, 9.17) is 4.42 Å². The third-order valence-electron chi connectivity index (χ3n) is 4.51. The maximum Gasteiger partial charge on any atom is 0.326 e.